The largest absolute Gasteiger partial charge is 0.466 e. The van der Waals surface area contributed by atoms with E-state index in [1.54, 1.807) is 6.08 Å². The van der Waals surface area contributed by atoms with Crippen LogP contribution in [0.1, 0.15) is 12.0 Å². The molecule has 0 heterocycles. The van der Waals surface area contributed by atoms with E-state index in [1.165, 1.54) is 18.7 Å². The van der Waals surface area contributed by atoms with Crippen LogP contribution in [0.2, 0.25) is 0 Å². The van der Waals surface area contributed by atoms with Crippen molar-refractivity contribution in [3.63, 3.8) is 0 Å². The van der Waals surface area contributed by atoms with E-state index in [1.807, 2.05) is 30.4 Å². The highest BCUT2D eigenvalue weighted by atomic mass is 16.5. The van der Waals surface area contributed by atoms with E-state index in [2.05, 4.69) is 16.9 Å². The molecule has 0 amide bonds. The Morgan fingerprint density at radius 2 is 2.00 bits per heavy atom. The summed E-state index contributed by atoms with van der Waals surface area (Å²) in [6.07, 6.45) is 8.97. The minimum absolute atomic E-state index is 0.326. The lowest BCUT2D eigenvalue weighted by Crippen LogP contribution is -1.92. The van der Waals surface area contributed by atoms with Gasteiger partial charge in [0.2, 0.25) is 0 Å². The predicted octanol–water partition coefficient (Wildman–Crippen LogP) is 2.90. The van der Waals surface area contributed by atoms with Crippen LogP contribution in [0.25, 0.3) is 0 Å². The maximum atomic E-state index is 10.7. The van der Waals surface area contributed by atoms with Gasteiger partial charge in [-0.3, -0.25) is 0 Å². The third-order valence-corrected chi connectivity index (χ3v) is 2.12. The Balaban J connectivity index is 2.23. The lowest BCUT2D eigenvalue weighted by Gasteiger charge is -1.95. The van der Waals surface area contributed by atoms with Gasteiger partial charge in [-0.25, -0.2) is 4.79 Å². The van der Waals surface area contributed by atoms with Gasteiger partial charge in [-0.1, -0.05) is 48.6 Å². The van der Waals surface area contributed by atoms with Gasteiger partial charge >= 0.3 is 5.97 Å². The van der Waals surface area contributed by atoms with Gasteiger partial charge in [-0.2, -0.15) is 0 Å². The Morgan fingerprint density at radius 1 is 1.25 bits per heavy atom. The Labute approximate surface area is 96.2 Å². The molecule has 0 radical (unpaired) electrons. The predicted molar refractivity (Wildman–Crippen MR) is 65.1 cm³/mol. The number of rotatable bonds is 5. The third kappa shape index (κ3) is 5.15. The molecule has 2 nitrogen and oxygen atoms in total. The number of carbonyl (C=O) groups is 1. The van der Waals surface area contributed by atoms with Crippen molar-refractivity contribution >= 4 is 5.97 Å². The van der Waals surface area contributed by atoms with Crippen molar-refractivity contribution in [2.24, 2.45) is 0 Å². The van der Waals surface area contributed by atoms with Crippen molar-refractivity contribution < 1.29 is 9.53 Å². The van der Waals surface area contributed by atoms with Crippen LogP contribution in [-0.4, -0.2) is 13.1 Å². The van der Waals surface area contributed by atoms with Crippen LogP contribution in [0.4, 0.5) is 0 Å². The maximum Gasteiger partial charge on any atom is 0.330 e. The Morgan fingerprint density at radius 3 is 2.69 bits per heavy atom. The van der Waals surface area contributed by atoms with Crippen LogP contribution in [0.5, 0.6) is 0 Å². The summed E-state index contributed by atoms with van der Waals surface area (Å²) in [5, 5.41) is 0. The lowest BCUT2D eigenvalue weighted by molar-refractivity contribution is -0.134. The number of carbonyl (C=O) groups excluding carboxylic acids is 1. The van der Waals surface area contributed by atoms with Crippen LogP contribution in [0.3, 0.4) is 0 Å². The molecule has 0 saturated heterocycles. The number of hydrogen-bond donors (Lipinski definition) is 0. The van der Waals surface area contributed by atoms with E-state index in [9.17, 15) is 4.79 Å². The fourth-order valence-corrected chi connectivity index (χ4v) is 1.27. The van der Waals surface area contributed by atoms with Gasteiger partial charge in [0, 0.05) is 6.08 Å². The number of ether oxygens (including phenoxy) is 1. The first-order valence-electron chi connectivity index (χ1n) is 5.28. The van der Waals surface area contributed by atoms with Crippen LogP contribution >= 0.6 is 0 Å². The molecular formula is C14H16O2. The zero-order valence-electron chi connectivity index (χ0n) is 9.43. The zero-order valence-corrected chi connectivity index (χ0v) is 9.43. The smallest absolute Gasteiger partial charge is 0.330 e. The van der Waals surface area contributed by atoms with Crippen molar-refractivity contribution in [3.8, 4) is 0 Å². The summed E-state index contributed by atoms with van der Waals surface area (Å²) in [5.74, 6) is -0.326. The lowest BCUT2D eigenvalue weighted by atomic mass is 10.1. The van der Waals surface area contributed by atoms with Gasteiger partial charge in [0.05, 0.1) is 7.11 Å². The number of benzene rings is 1. The normalized spacial score (nSPS) is 11.1. The highest BCUT2D eigenvalue weighted by Crippen LogP contribution is 2.02. The molecule has 0 unspecified atom stereocenters. The summed E-state index contributed by atoms with van der Waals surface area (Å²) < 4.78 is 4.47. The van der Waals surface area contributed by atoms with Crippen LogP contribution in [0.15, 0.2) is 54.6 Å². The van der Waals surface area contributed by atoms with E-state index in [-0.39, 0.29) is 5.97 Å². The molecule has 0 aromatic heterocycles. The highest BCUT2D eigenvalue weighted by Gasteiger charge is 1.88. The molecule has 2 heteroatoms. The molecule has 0 aliphatic heterocycles. The number of allylic oxidation sites excluding steroid dienone is 3. The molecule has 84 valence electrons. The fraction of sp³-hybridized carbons (Fsp3) is 0.214. The maximum absolute atomic E-state index is 10.7. The van der Waals surface area contributed by atoms with Crippen molar-refractivity contribution in [2.45, 2.75) is 12.8 Å². The van der Waals surface area contributed by atoms with Crippen LogP contribution in [0, 0.1) is 0 Å². The molecule has 0 fully saturated rings. The highest BCUT2D eigenvalue weighted by molar-refractivity contribution is 5.82. The molecule has 1 rings (SSSR count). The van der Waals surface area contributed by atoms with Gasteiger partial charge < -0.3 is 4.74 Å². The molecule has 0 saturated carbocycles. The Bertz CT molecular complexity index is 364. The first-order chi connectivity index (χ1) is 7.83. The van der Waals surface area contributed by atoms with E-state index in [0.717, 1.165) is 12.8 Å². The monoisotopic (exact) mass is 216 g/mol. The average Bonchev–Trinajstić information content (AvgIpc) is 2.34. The molecule has 0 aliphatic rings. The molecule has 0 spiro atoms. The van der Waals surface area contributed by atoms with E-state index >= 15 is 0 Å². The first-order valence-corrected chi connectivity index (χ1v) is 5.28. The van der Waals surface area contributed by atoms with Gasteiger partial charge in [-0.05, 0) is 18.4 Å². The van der Waals surface area contributed by atoms with Crippen molar-refractivity contribution in [1.29, 1.82) is 0 Å². The second kappa shape index (κ2) is 7.46. The zero-order chi connectivity index (χ0) is 11.6. The summed E-state index contributed by atoms with van der Waals surface area (Å²) in [4.78, 5) is 10.7. The van der Waals surface area contributed by atoms with Crippen LogP contribution < -0.4 is 0 Å². The van der Waals surface area contributed by atoms with Gasteiger partial charge in [0.15, 0.2) is 0 Å². The molecule has 1 aromatic carbocycles. The minimum Gasteiger partial charge on any atom is -0.466 e. The molecule has 0 aliphatic carbocycles. The number of hydrogen-bond acceptors (Lipinski definition) is 2. The molecule has 1 aromatic rings. The summed E-state index contributed by atoms with van der Waals surface area (Å²) in [5.41, 5.74) is 1.32. The van der Waals surface area contributed by atoms with Gasteiger partial charge in [0.1, 0.15) is 0 Å². The summed E-state index contributed by atoms with van der Waals surface area (Å²) in [6, 6.07) is 10.3. The van der Waals surface area contributed by atoms with Crippen molar-refractivity contribution in [3.05, 3.63) is 60.2 Å². The van der Waals surface area contributed by atoms with Gasteiger partial charge in [0.25, 0.3) is 0 Å². The minimum atomic E-state index is -0.326. The van der Waals surface area contributed by atoms with Gasteiger partial charge in [-0.15, -0.1) is 0 Å². The number of methoxy groups -OCH3 is 1. The molecule has 0 atom stereocenters. The Hall–Kier alpha value is -1.83. The third-order valence-electron chi connectivity index (χ3n) is 2.12. The molecular weight excluding hydrogens is 200 g/mol. The van der Waals surface area contributed by atoms with E-state index in [0.29, 0.717) is 0 Å². The number of aryl methyl sites for hydroxylation is 1. The van der Waals surface area contributed by atoms with Crippen molar-refractivity contribution in [1.82, 2.24) is 0 Å². The fourth-order valence-electron chi connectivity index (χ4n) is 1.27. The quantitative estimate of drug-likeness (QED) is 0.430. The van der Waals surface area contributed by atoms with E-state index < -0.39 is 0 Å². The second-order valence-corrected chi connectivity index (χ2v) is 3.33. The first kappa shape index (κ1) is 12.2. The summed E-state index contributed by atoms with van der Waals surface area (Å²) in [6.45, 7) is 0. The molecule has 16 heavy (non-hydrogen) atoms. The summed E-state index contributed by atoms with van der Waals surface area (Å²) in [7, 11) is 1.37. The standard InChI is InChI=1S/C14H16O2/c1-16-14(15)12-8-3-2-5-9-13-10-6-4-7-11-13/h2-4,6-8,10-12H,5,9H2,1H3/b3-2+,12-8-. The molecule has 0 bridgehead atoms. The Kier molecular flexibility index (Phi) is 5.71. The topological polar surface area (TPSA) is 26.3 Å². The molecule has 0 N–H and O–H groups in total. The van der Waals surface area contributed by atoms with Crippen LogP contribution in [-0.2, 0) is 16.0 Å². The SMILES string of the molecule is COC(=O)/C=C\C=C\CCc1ccccc1. The number of esters is 1. The van der Waals surface area contributed by atoms with Crippen molar-refractivity contribution in [2.75, 3.05) is 7.11 Å². The summed E-state index contributed by atoms with van der Waals surface area (Å²) >= 11 is 0. The van der Waals surface area contributed by atoms with E-state index in [4.69, 9.17) is 0 Å². The second-order valence-electron chi connectivity index (χ2n) is 3.33. The average molecular weight is 216 g/mol.